The van der Waals surface area contributed by atoms with Crippen LogP contribution in [-0.2, 0) is 26.1 Å². The number of aromatic nitrogens is 1. The highest BCUT2D eigenvalue weighted by molar-refractivity contribution is 6.00. The summed E-state index contributed by atoms with van der Waals surface area (Å²) in [6, 6.07) is 17.6. The Labute approximate surface area is 229 Å². The molecule has 3 aromatic rings. The fraction of sp³-hybridized carbons (Fsp3) is 0.419. The third kappa shape index (κ3) is 5.31. The molecule has 0 unspecified atom stereocenters. The molecule has 39 heavy (non-hydrogen) atoms. The Balaban J connectivity index is 1.15. The first-order valence-electron chi connectivity index (χ1n) is 13.8. The number of hydrogen-bond acceptors (Lipinski definition) is 5. The minimum atomic E-state index is -0.685. The Morgan fingerprint density at radius 1 is 1.00 bits per heavy atom. The molecule has 1 aromatic heterocycles. The van der Waals surface area contributed by atoms with Crippen LogP contribution in [0, 0.1) is 0 Å². The summed E-state index contributed by atoms with van der Waals surface area (Å²) in [5.74, 6) is 0.160. The average molecular weight is 529 g/mol. The summed E-state index contributed by atoms with van der Waals surface area (Å²) < 4.78 is 8.47. The number of benzene rings is 2. The second-order valence-electron chi connectivity index (χ2n) is 11.6. The Morgan fingerprint density at radius 3 is 2.67 bits per heavy atom. The van der Waals surface area contributed by atoms with Crippen LogP contribution in [0.25, 0.3) is 0 Å². The van der Waals surface area contributed by atoms with Gasteiger partial charge in [-0.05, 0) is 61.7 Å². The monoisotopic (exact) mass is 528 g/mol. The summed E-state index contributed by atoms with van der Waals surface area (Å²) >= 11 is 0. The second-order valence-corrected chi connectivity index (χ2v) is 11.6. The van der Waals surface area contributed by atoms with E-state index in [0.717, 1.165) is 31.7 Å². The second kappa shape index (κ2) is 10.2. The number of hydrogen-bond donors (Lipinski definition) is 1. The molecule has 0 spiro atoms. The molecule has 8 heteroatoms. The molecule has 3 aliphatic rings. The lowest BCUT2D eigenvalue weighted by atomic mass is 9.99. The van der Waals surface area contributed by atoms with Gasteiger partial charge in [0.1, 0.15) is 11.4 Å². The molecular formula is C31H36N4O4. The Bertz CT molecular complexity index is 1400. The van der Waals surface area contributed by atoms with Gasteiger partial charge in [-0.1, -0.05) is 24.3 Å². The van der Waals surface area contributed by atoms with Crippen molar-refractivity contribution in [3.05, 3.63) is 88.7 Å². The lowest BCUT2D eigenvalue weighted by molar-refractivity contribution is 0.0287. The van der Waals surface area contributed by atoms with Crippen LogP contribution >= 0.6 is 0 Å². The molecule has 2 amide bonds. The highest BCUT2D eigenvalue weighted by Crippen LogP contribution is 2.31. The Hall–Kier alpha value is -3.62. The van der Waals surface area contributed by atoms with E-state index in [1.54, 1.807) is 23.1 Å². The lowest BCUT2D eigenvalue weighted by Gasteiger charge is -2.33. The van der Waals surface area contributed by atoms with E-state index in [1.807, 2.05) is 37.1 Å². The van der Waals surface area contributed by atoms with Crippen molar-refractivity contribution in [3.63, 3.8) is 0 Å². The lowest BCUT2D eigenvalue weighted by Crippen LogP contribution is -2.48. The molecular weight excluding hydrogens is 492 g/mol. The first kappa shape index (κ1) is 25.6. The number of carbonyl (C=O) groups excluding carboxylic acids is 2. The first-order chi connectivity index (χ1) is 18.8. The fourth-order valence-corrected chi connectivity index (χ4v) is 6.09. The van der Waals surface area contributed by atoms with Crippen molar-refractivity contribution in [2.45, 2.75) is 51.6 Å². The van der Waals surface area contributed by atoms with Crippen LogP contribution in [0.2, 0.25) is 0 Å². The van der Waals surface area contributed by atoms with Gasteiger partial charge >= 0.3 is 0 Å². The highest BCUT2D eigenvalue weighted by Gasteiger charge is 2.35. The largest absolute Gasteiger partial charge is 0.485 e. The summed E-state index contributed by atoms with van der Waals surface area (Å²) in [5, 5.41) is 11.0. The SMILES string of the molecule is CC1(C)CN(C[C@H](O)CN2CCc3ccccc3C2)C(=O)c2ccc(C(=O)N3CCn4cccc4C3)cc2O1. The summed E-state index contributed by atoms with van der Waals surface area (Å²) in [4.78, 5) is 32.8. The van der Waals surface area contributed by atoms with Gasteiger partial charge in [-0.15, -0.1) is 0 Å². The van der Waals surface area contributed by atoms with E-state index in [-0.39, 0.29) is 18.4 Å². The van der Waals surface area contributed by atoms with E-state index in [9.17, 15) is 14.7 Å². The van der Waals surface area contributed by atoms with Crippen LogP contribution in [0.3, 0.4) is 0 Å². The minimum absolute atomic E-state index is 0.0706. The van der Waals surface area contributed by atoms with Crippen molar-refractivity contribution in [3.8, 4) is 5.75 Å². The van der Waals surface area contributed by atoms with E-state index in [0.29, 0.717) is 43.1 Å². The van der Waals surface area contributed by atoms with Gasteiger partial charge in [-0.3, -0.25) is 14.5 Å². The third-order valence-corrected chi connectivity index (χ3v) is 7.99. The maximum Gasteiger partial charge on any atom is 0.257 e. The summed E-state index contributed by atoms with van der Waals surface area (Å²) in [7, 11) is 0. The predicted molar refractivity (Wildman–Crippen MR) is 148 cm³/mol. The number of carbonyl (C=O) groups is 2. The van der Waals surface area contributed by atoms with Crippen molar-refractivity contribution >= 4 is 11.8 Å². The standard InChI is InChI=1S/C31H36N4O4/c1-31(2)21-35(20-26(36)19-32-13-11-22-6-3-4-7-24(22)17-32)30(38)27-10-9-23(16-28(27)39-31)29(37)34-15-14-33-12-5-8-25(33)18-34/h3-10,12,16,26,36H,11,13-15,17-21H2,1-2H3/t26-/m1/s1. The van der Waals surface area contributed by atoms with Gasteiger partial charge in [0.25, 0.3) is 11.8 Å². The van der Waals surface area contributed by atoms with E-state index in [1.165, 1.54) is 11.1 Å². The van der Waals surface area contributed by atoms with Gasteiger partial charge in [-0.25, -0.2) is 0 Å². The van der Waals surface area contributed by atoms with Gasteiger partial charge in [0.2, 0.25) is 0 Å². The molecule has 204 valence electrons. The fourth-order valence-electron chi connectivity index (χ4n) is 6.09. The number of amides is 2. The Morgan fingerprint density at radius 2 is 1.82 bits per heavy atom. The zero-order valence-corrected chi connectivity index (χ0v) is 22.7. The van der Waals surface area contributed by atoms with Gasteiger partial charge in [0.05, 0.1) is 24.8 Å². The van der Waals surface area contributed by atoms with Gasteiger partial charge in [-0.2, -0.15) is 0 Å². The van der Waals surface area contributed by atoms with Crippen LogP contribution in [-0.4, -0.2) is 80.6 Å². The van der Waals surface area contributed by atoms with Crippen molar-refractivity contribution in [2.24, 2.45) is 0 Å². The molecule has 0 fully saturated rings. The molecule has 0 bridgehead atoms. The van der Waals surface area contributed by atoms with Crippen LogP contribution < -0.4 is 4.74 Å². The zero-order chi connectivity index (χ0) is 27.1. The highest BCUT2D eigenvalue weighted by atomic mass is 16.5. The number of nitrogens with zero attached hydrogens (tertiary/aromatic N) is 4. The van der Waals surface area contributed by atoms with Crippen LogP contribution in [0.15, 0.2) is 60.8 Å². The quantitative estimate of drug-likeness (QED) is 0.551. The van der Waals surface area contributed by atoms with E-state index >= 15 is 0 Å². The van der Waals surface area contributed by atoms with Crippen molar-refractivity contribution in [1.29, 1.82) is 0 Å². The first-order valence-corrected chi connectivity index (χ1v) is 13.8. The number of β-amino-alcohol motifs (C(OH)–C–C–N with tert-alkyl or cyclic N) is 1. The Kier molecular flexibility index (Phi) is 6.69. The normalized spacial score (nSPS) is 19.4. The van der Waals surface area contributed by atoms with Crippen LogP contribution in [0.5, 0.6) is 5.75 Å². The molecule has 0 radical (unpaired) electrons. The van der Waals surface area contributed by atoms with E-state index < -0.39 is 11.7 Å². The zero-order valence-electron chi connectivity index (χ0n) is 22.7. The van der Waals surface area contributed by atoms with E-state index in [2.05, 4.69) is 33.7 Å². The molecule has 6 rings (SSSR count). The number of ether oxygens (including phenoxy) is 1. The van der Waals surface area contributed by atoms with Crippen molar-refractivity contribution < 1.29 is 19.4 Å². The predicted octanol–water partition coefficient (Wildman–Crippen LogP) is 3.18. The molecule has 2 aromatic carbocycles. The number of aliphatic hydroxyl groups excluding tert-OH is 1. The third-order valence-electron chi connectivity index (χ3n) is 7.99. The van der Waals surface area contributed by atoms with Gasteiger partial charge < -0.3 is 24.2 Å². The molecule has 0 saturated heterocycles. The number of fused-ring (bicyclic) bond motifs is 3. The molecule has 4 heterocycles. The van der Waals surface area contributed by atoms with Crippen molar-refractivity contribution in [1.82, 2.24) is 19.3 Å². The van der Waals surface area contributed by atoms with Crippen LogP contribution in [0.1, 0.15) is 51.4 Å². The van der Waals surface area contributed by atoms with Gasteiger partial charge in [0, 0.05) is 56.7 Å². The molecule has 8 nitrogen and oxygen atoms in total. The number of aliphatic hydroxyl groups is 1. The van der Waals surface area contributed by atoms with E-state index in [4.69, 9.17) is 4.74 Å². The minimum Gasteiger partial charge on any atom is -0.485 e. The summed E-state index contributed by atoms with van der Waals surface area (Å²) in [6.07, 6.45) is 2.32. The topological polar surface area (TPSA) is 78.3 Å². The van der Waals surface area contributed by atoms with Crippen molar-refractivity contribution in [2.75, 3.05) is 32.7 Å². The maximum atomic E-state index is 13.6. The smallest absolute Gasteiger partial charge is 0.257 e. The number of rotatable bonds is 5. The van der Waals surface area contributed by atoms with Crippen LogP contribution in [0.4, 0.5) is 0 Å². The summed E-state index contributed by atoms with van der Waals surface area (Å²) in [6.45, 7) is 8.58. The molecule has 0 aliphatic carbocycles. The molecule has 3 aliphatic heterocycles. The maximum absolute atomic E-state index is 13.6. The molecule has 1 N–H and O–H groups in total. The molecule has 0 saturated carbocycles. The molecule has 1 atom stereocenters. The van der Waals surface area contributed by atoms with Gasteiger partial charge in [0.15, 0.2) is 0 Å². The average Bonchev–Trinajstić information content (AvgIpc) is 3.36. The summed E-state index contributed by atoms with van der Waals surface area (Å²) in [5.41, 5.74) is 4.03.